The lowest BCUT2D eigenvalue weighted by molar-refractivity contribution is -0.137. The molecule has 1 aliphatic heterocycles. The second-order valence-corrected chi connectivity index (χ2v) is 12.9. The number of hydrogen-bond acceptors (Lipinski definition) is 3. The highest BCUT2D eigenvalue weighted by Gasteiger charge is 2.56. The van der Waals surface area contributed by atoms with E-state index in [-0.39, 0.29) is 5.91 Å². The zero-order valence-electron chi connectivity index (χ0n) is 20.8. The summed E-state index contributed by atoms with van der Waals surface area (Å²) in [6.45, 7) is 5.70. The lowest BCUT2D eigenvalue weighted by atomic mass is 9.45. The summed E-state index contributed by atoms with van der Waals surface area (Å²) in [6.07, 6.45) is 20.3. The van der Waals surface area contributed by atoms with Gasteiger partial charge in [-0.25, -0.2) is 4.99 Å². The normalized spacial score (nSPS) is 37.9. The summed E-state index contributed by atoms with van der Waals surface area (Å²) >= 11 is 0. The maximum atomic E-state index is 14.1. The van der Waals surface area contributed by atoms with Gasteiger partial charge in [0, 0.05) is 6.54 Å². The highest BCUT2D eigenvalue weighted by atomic mass is 16.2. The number of fused-ring (bicyclic) bond motifs is 2. The second-order valence-electron chi connectivity index (χ2n) is 12.9. The van der Waals surface area contributed by atoms with E-state index < -0.39 is 5.54 Å². The topological polar surface area (TPSA) is 58.7 Å². The first-order valence-corrected chi connectivity index (χ1v) is 14.1. The van der Waals surface area contributed by atoms with Gasteiger partial charge in [0.25, 0.3) is 5.91 Å². The van der Waals surface area contributed by atoms with Crippen molar-refractivity contribution in [3.8, 4) is 0 Å². The van der Waals surface area contributed by atoms with Gasteiger partial charge in [-0.05, 0) is 73.5 Å². The van der Waals surface area contributed by atoms with Crippen LogP contribution in [0.3, 0.4) is 0 Å². The van der Waals surface area contributed by atoms with Crippen LogP contribution >= 0.6 is 0 Å². The summed E-state index contributed by atoms with van der Waals surface area (Å²) in [7, 11) is 0. The van der Waals surface area contributed by atoms with E-state index in [9.17, 15) is 4.79 Å². The first kappa shape index (κ1) is 22.7. The van der Waals surface area contributed by atoms with Gasteiger partial charge in [0.1, 0.15) is 5.54 Å². The maximum Gasteiger partial charge on any atom is 0.257 e. The molecule has 0 aromatic rings. The number of carbonyl (C=O) groups excluding carboxylic acids is 1. The van der Waals surface area contributed by atoms with Crippen molar-refractivity contribution in [3.05, 3.63) is 0 Å². The molecule has 4 nitrogen and oxygen atoms in total. The van der Waals surface area contributed by atoms with Crippen molar-refractivity contribution >= 4 is 11.9 Å². The van der Waals surface area contributed by atoms with Crippen LogP contribution in [0.1, 0.15) is 117 Å². The van der Waals surface area contributed by atoms with Crippen LogP contribution in [0.5, 0.6) is 0 Å². The van der Waals surface area contributed by atoms with Gasteiger partial charge < -0.3 is 5.73 Å². The number of hydrogen-bond donors (Lipinski definition) is 1. The summed E-state index contributed by atoms with van der Waals surface area (Å²) in [5.41, 5.74) is 6.44. The maximum absolute atomic E-state index is 14.1. The lowest BCUT2D eigenvalue weighted by Gasteiger charge is -2.60. The molecule has 0 aromatic heterocycles. The molecule has 5 aliphatic carbocycles. The molecule has 0 unspecified atom stereocenters. The molecule has 0 radical (unpaired) electrons. The molecule has 1 heterocycles. The van der Waals surface area contributed by atoms with E-state index >= 15 is 0 Å². The van der Waals surface area contributed by atoms with Crippen molar-refractivity contribution in [3.63, 3.8) is 0 Å². The quantitative estimate of drug-likeness (QED) is 0.505. The van der Waals surface area contributed by atoms with Crippen molar-refractivity contribution in [1.82, 2.24) is 4.90 Å². The highest BCUT2D eigenvalue weighted by molar-refractivity contribution is 6.06. The first-order valence-electron chi connectivity index (χ1n) is 14.1. The smallest absolute Gasteiger partial charge is 0.257 e. The molecule has 0 saturated heterocycles. The summed E-state index contributed by atoms with van der Waals surface area (Å²) in [5.74, 6) is 4.47. The van der Waals surface area contributed by atoms with Crippen molar-refractivity contribution in [1.29, 1.82) is 0 Å². The van der Waals surface area contributed by atoms with E-state index in [1.54, 1.807) is 0 Å². The molecule has 6 aliphatic rings. The van der Waals surface area contributed by atoms with Gasteiger partial charge in [-0.15, -0.1) is 0 Å². The number of rotatable bonds is 7. The van der Waals surface area contributed by atoms with Crippen molar-refractivity contribution in [2.45, 2.75) is 122 Å². The van der Waals surface area contributed by atoms with Crippen LogP contribution in [0.4, 0.5) is 0 Å². The fourth-order valence-corrected chi connectivity index (χ4v) is 8.46. The van der Waals surface area contributed by atoms with E-state index in [0.29, 0.717) is 23.2 Å². The van der Waals surface area contributed by atoms with Crippen molar-refractivity contribution in [2.24, 2.45) is 45.7 Å². The molecule has 4 heteroatoms. The standard InChI is InChI=1S/C28H47N3O/c1-27(2)23-14-13-22(24(27)17-23)19-31-25(32)28(30-26(31)29,18-21-11-7-4-8-12-21)16-15-20-9-5-3-6-10-20/h20-24H,3-19H2,1-2H3,(H2,29,30)/t22-,23-,24-,28+/m0/s1. The summed E-state index contributed by atoms with van der Waals surface area (Å²) in [5, 5.41) is 0. The Balaban J connectivity index is 1.31. The van der Waals surface area contributed by atoms with Crippen LogP contribution in [0.25, 0.3) is 0 Å². The summed E-state index contributed by atoms with van der Waals surface area (Å²) in [4.78, 5) is 21.1. The van der Waals surface area contributed by atoms with Crippen molar-refractivity contribution in [2.75, 3.05) is 6.54 Å². The summed E-state index contributed by atoms with van der Waals surface area (Å²) < 4.78 is 0. The minimum atomic E-state index is -0.560. The number of nitrogens with two attached hydrogens (primary N) is 1. The highest BCUT2D eigenvalue weighted by Crippen LogP contribution is 2.61. The van der Waals surface area contributed by atoms with Crippen LogP contribution in [0, 0.1) is 35.0 Å². The third kappa shape index (κ3) is 4.13. The zero-order valence-corrected chi connectivity index (χ0v) is 20.8. The molecule has 1 amide bonds. The Labute approximate surface area is 196 Å². The van der Waals surface area contributed by atoms with Crippen molar-refractivity contribution < 1.29 is 4.79 Å². The van der Waals surface area contributed by atoms with Gasteiger partial charge >= 0.3 is 0 Å². The predicted octanol–water partition coefficient (Wildman–Crippen LogP) is 6.29. The average Bonchev–Trinajstić information content (AvgIpc) is 3.03. The van der Waals surface area contributed by atoms with Crippen LogP contribution in [-0.4, -0.2) is 28.9 Å². The van der Waals surface area contributed by atoms with Crippen LogP contribution in [0.2, 0.25) is 0 Å². The monoisotopic (exact) mass is 441 g/mol. The molecule has 2 N–H and O–H groups in total. The van der Waals surface area contributed by atoms with Gasteiger partial charge in [-0.3, -0.25) is 9.69 Å². The molecule has 5 fully saturated rings. The Kier molecular flexibility index (Phi) is 6.35. The molecule has 5 saturated carbocycles. The number of carbonyl (C=O) groups is 1. The second kappa shape index (κ2) is 8.95. The van der Waals surface area contributed by atoms with Crippen LogP contribution in [0.15, 0.2) is 4.99 Å². The molecular formula is C28H47N3O. The summed E-state index contributed by atoms with van der Waals surface area (Å²) in [6, 6.07) is 0. The molecule has 2 bridgehead atoms. The Morgan fingerprint density at radius 2 is 1.59 bits per heavy atom. The Hall–Kier alpha value is -1.06. The van der Waals surface area contributed by atoms with Gasteiger partial charge in [0.2, 0.25) is 0 Å². The third-order valence-corrected chi connectivity index (χ3v) is 10.7. The van der Waals surface area contributed by atoms with Crippen LogP contribution < -0.4 is 5.73 Å². The van der Waals surface area contributed by atoms with E-state index in [2.05, 4.69) is 13.8 Å². The number of amides is 1. The number of guanidine groups is 1. The third-order valence-electron chi connectivity index (χ3n) is 10.7. The van der Waals surface area contributed by atoms with Gasteiger partial charge in [0.15, 0.2) is 5.96 Å². The molecule has 180 valence electrons. The molecule has 6 rings (SSSR count). The van der Waals surface area contributed by atoms with E-state index in [4.69, 9.17) is 10.7 Å². The van der Waals surface area contributed by atoms with Gasteiger partial charge in [-0.1, -0.05) is 78.1 Å². The largest absolute Gasteiger partial charge is 0.369 e. The SMILES string of the molecule is CC1(C)[C@H]2CC[C@@H](CN3C(=O)[C@@](CCC4CCCCC4)(CC4CCCCC4)N=C3N)[C@@H]1C2. The number of nitrogens with zero attached hydrogens (tertiary/aromatic N) is 2. The van der Waals surface area contributed by atoms with Gasteiger partial charge in [-0.2, -0.15) is 0 Å². The first-order chi connectivity index (χ1) is 15.4. The minimum absolute atomic E-state index is 0.260. The Bertz CT molecular complexity index is 716. The molecule has 0 spiro atoms. The fraction of sp³-hybridized carbons (Fsp3) is 0.929. The average molecular weight is 442 g/mol. The minimum Gasteiger partial charge on any atom is -0.369 e. The van der Waals surface area contributed by atoms with E-state index in [0.717, 1.165) is 43.6 Å². The Morgan fingerprint density at radius 1 is 0.938 bits per heavy atom. The van der Waals surface area contributed by atoms with Gasteiger partial charge in [0.05, 0.1) is 0 Å². The fourth-order valence-electron chi connectivity index (χ4n) is 8.46. The predicted molar refractivity (Wildman–Crippen MR) is 131 cm³/mol. The Morgan fingerprint density at radius 3 is 2.22 bits per heavy atom. The van der Waals surface area contributed by atoms with Crippen LogP contribution in [-0.2, 0) is 4.79 Å². The lowest BCUT2D eigenvalue weighted by Crippen LogP contribution is -2.56. The molecule has 0 aromatic carbocycles. The zero-order chi connectivity index (χ0) is 22.3. The number of aliphatic imine (C=N–C) groups is 1. The molecule has 32 heavy (non-hydrogen) atoms. The molecular weight excluding hydrogens is 394 g/mol. The van der Waals surface area contributed by atoms with E-state index in [1.807, 2.05) is 4.90 Å². The van der Waals surface area contributed by atoms with E-state index in [1.165, 1.54) is 83.5 Å². The molecule has 4 atom stereocenters.